The minimum Gasteiger partial charge on any atom is -0.469 e. The molecule has 0 radical (unpaired) electrons. The number of rotatable bonds is 26. The first kappa shape index (κ1) is 45.1. The first-order valence-electron chi connectivity index (χ1n) is 18.6. The number of aliphatic hydroxyl groups excluding tert-OH is 9. The third-order valence-corrected chi connectivity index (χ3v) is 9.67. The summed E-state index contributed by atoms with van der Waals surface area (Å²) in [6, 6.07) is 0. The highest BCUT2D eigenvalue weighted by molar-refractivity contribution is 5.69. The summed E-state index contributed by atoms with van der Waals surface area (Å²) in [5, 5.41) is 89.5. The van der Waals surface area contributed by atoms with Crippen molar-refractivity contribution in [3.63, 3.8) is 0 Å². The lowest BCUT2D eigenvalue weighted by Gasteiger charge is -2.41. The van der Waals surface area contributed by atoms with Gasteiger partial charge in [0.25, 0.3) is 0 Å². The van der Waals surface area contributed by atoms with E-state index in [0.29, 0.717) is 6.42 Å². The minimum absolute atomic E-state index is 0.0665. The van der Waals surface area contributed by atoms with Gasteiger partial charge in [0, 0.05) is 0 Å². The number of hydrogen-bond donors (Lipinski definition) is 9. The van der Waals surface area contributed by atoms with Crippen molar-refractivity contribution in [1.82, 2.24) is 0 Å². The summed E-state index contributed by atoms with van der Waals surface area (Å²) in [4.78, 5) is 12.0. The van der Waals surface area contributed by atoms with Gasteiger partial charge < -0.3 is 69.6 Å². The van der Waals surface area contributed by atoms with Gasteiger partial charge in [0.1, 0.15) is 48.8 Å². The summed E-state index contributed by atoms with van der Waals surface area (Å²) in [5.41, 5.74) is 0. The molecule has 0 aromatic carbocycles. The fraction of sp³-hybridized carbons (Fsp3) is 0.971. The summed E-state index contributed by atoms with van der Waals surface area (Å²) in [6.45, 7) is 0.689. The van der Waals surface area contributed by atoms with Crippen LogP contribution in [0.1, 0.15) is 116 Å². The van der Waals surface area contributed by atoms with E-state index in [2.05, 4.69) is 0 Å². The van der Waals surface area contributed by atoms with Gasteiger partial charge in [-0.2, -0.15) is 0 Å². The van der Waals surface area contributed by atoms with Gasteiger partial charge in [-0.25, -0.2) is 0 Å². The highest BCUT2D eigenvalue weighted by atomic mass is 16.7. The van der Waals surface area contributed by atoms with Gasteiger partial charge in [0.2, 0.25) is 0 Å². The Kier molecular flexibility index (Phi) is 22.6. The largest absolute Gasteiger partial charge is 0.469 e. The second-order valence-corrected chi connectivity index (χ2v) is 13.9. The smallest absolute Gasteiger partial charge is 0.308 e. The molecule has 0 bridgehead atoms. The molecule has 2 saturated heterocycles. The van der Waals surface area contributed by atoms with E-state index in [1.54, 1.807) is 6.92 Å². The average molecular weight is 727 g/mol. The van der Waals surface area contributed by atoms with Crippen LogP contribution >= 0.6 is 0 Å². The first-order chi connectivity index (χ1) is 23.9. The van der Waals surface area contributed by atoms with E-state index >= 15 is 0 Å². The quantitative estimate of drug-likeness (QED) is 0.0436. The van der Waals surface area contributed by atoms with Crippen molar-refractivity contribution in [3.8, 4) is 0 Å². The van der Waals surface area contributed by atoms with Crippen LogP contribution in [0.2, 0.25) is 0 Å². The van der Waals surface area contributed by atoms with E-state index in [-0.39, 0.29) is 18.6 Å². The Labute approximate surface area is 296 Å². The molecule has 0 aromatic rings. The number of carbonyl (C=O) groups is 1. The third kappa shape index (κ3) is 15.9. The molecule has 2 aliphatic heterocycles. The molecule has 50 heavy (non-hydrogen) atoms. The Hall–Kier alpha value is -1.05. The summed E-state index contributed by atoms with van der Waals surface area (Å²) in [6.07, 6.45) is -0.589. The van der Waals surface area contributed by atoms with Crippen molar-refractivity contribution in [2.75, 3.05) is 20.3 Å². The lowest BCUT2D eigenvalue weighted by molar-refractivity contribution is -0.312. The van der Waals surface area contributed by atoms with Gasteiger partial charge in [-0.3, -0.25) is 4.79 Å². The molecule has 2 rings (SSSR count). The molecule has 2 aliphatic rings. The molecule has 296 valence electrons. The maximum absolute atomic E-state index is 12.0. The van der Waals surface area contributed by atoms with Gasteiger partial charge in [-0.1, -0.05) is 77.0 Å². The lowest BCUT2D eigenvalue weighted by Crippen LogP contribution is -2.59. The number of esters is 1. The Morgan fingerprint density at radius 2 is 0.920 bits per heavy atom. The Balaban J connectivity index is 1.68. The van der Waals surface area contributed by atoms with Gasteiger partial charge in [0.15, 0.2) is 12.6 Å². The first-order valence-corrected chi connectivity index (χ1v) is 18.6. The molecule has 0 saturated carbocycles. The molecule has 0 unspecified atom stereocenters. The van der Waals surface area contributed by atoms with Crippen LogP contribution in [-0.4, -0.2) is 152 Å². The highest BCUT2D eigenvalue weighted by Crippen LogP contribution is 2.27. The molecule has 15 heteroatoms. The molecule has 2 fully saturated rings. The van der Waals surface area contributed by atoms with Crippen molar-refractivity contribution in [1.29, 1.82) is 0 Å². The van der Waals surface area contributed by atoms with Crippen molar-refractivity contribution in [2.24, 2.45) is 0 Å². The van der Waals surface area contributed by atoms with E-state index < -0.39 is 86.7 Å². The topological polar surface area (TPSA) is 245 Å². The summed E-state index contributed by atoms with van der Waals surface area (Å²) in [7, 11) is 1.27. The molecule has 13 atom stereocenters. The number of methoxy groups -OCH3 is 1. The Bertz CT molecular complexity index is 877. The fourth-order valence-corrected chi connectivity index (χ4v) is 6.48. The van der Waals surface area contributed by atoms with Crippen LogP contribution in [0.5, 0.6) is 0 Å². The van der Waals surface area contributed by atoms with Crippen LogP contribution in [0.4, 0.5) is 0 Å². The van der Waals surface area contributed by atoms with Crippen molar-refractivity contribution in [3.05, 3.63) is 0 Å². The standard InChI is InChI=1S/C35H66O15/c1-22(38)15-11-10-14-17-23(47-34-32(44)30(42)28(40)25(20-36)49-34)16-12-8-6-4-3-5-7-9-13-18-24(19-27(39)46-2)48-35-33(45)31(43)29(41)26(21-37)50-35/h22-26,28-38,40-45H,3-21H2,1-2H3/t22-,23-,24-,25-,26-,28+,29+,30+,31+,32+,33+,34-,35-/m0/s1. The fourth-order valence-electron chi connectivity index (χ4n) is 6.48. The molecule has 0 aromatic heterocycles. The van der Waals surface area contributed by atoms with E-state index in [4.69, 9.17) is 23.7 Å². The van der Waals surface area contributed by atoms with Crippen molar-refractivity contribution in [2.45, 2.75) is 196 Å². The average Bonchev–Trinajstić information content (AvgIpc) is 3.10. The van der Waals surface area contributed by atoms with Crippen LogP contribution in [0.25, 0.3) is 0 Å². The molecule has 0 spiro atoms. The number of hydrogen-bond acceptors (Lipinski definition) is 15. The molecule has 15 nitrogen and oxygen atoms in total. The number of ether oxygens (including phenoxy) is 5. The summed E-state index contributed by atoms with van der Waals surface area (Å²) >= 11 is 0. The maximum atomic E-state index is 12.0. The van der Waals surface area contributed by atoms with Gasteiger partial charge in [0.05, 0.1) is 45.1 Å². The molecular weight excluding hydrogens is 660 g/mol. The second-order valence-electron chi connectivity index (χ2n) is 13.9. The van der Waals surface area contributed by atoms with Crippen molar-refractivity contribution >= 4 is 5.97 Å². The molecule has 0 aliphatic carbocycles. The normalized spacial score (nSPS) is 32.1. The van der Waals surface area contributed by atoms with E-state index in [0.717, 1.165) is 96.3 Å². The molecule has 0 amide bonds. The highest BCUT2D eigenvalue weighted by Gasteiger charge is 2.46. The predicted molar refractivity (Wildman–Crippen MR) is 179 cm³/mol. The van der Waals surface area contributed by atoms with Crippen LogP contribution in [0, 0.1) is 0 Å². The SMILES string of the molecule is COC(=O)C[C@H](CCCCCCCCCCC[C@@H](CCCCC[C@H](C)O)O[C@H]1O[C@@H](CO)[C@@H](O)[C@@H](O)[C@H]1O)O[C@H]1O[C@@H](CO)[C@@H](O)[C@@H](O)[C@H]1O. The van der Waals surface area contributed by atoms with Crippen LogP contribution in [0.15, 0.2) is 0 Å². The van der Waals surface area contributed by atoms with Crippen LogP contribution < -0.4 is 0 Å². The van der Waals surface area contributed by atoms with Crippen LogP contribution in [0.3, 0.4) is 0 Å². The number of unbranched alkanes of at least 4 members (excludes halogenated alkanes) is 10. The zero-order valence-corrected chi connectivity index (χ0v) is 29.9. The minimum atomic E-state index is -1.56. The maximum Gasteiger partial charge on any atom is 0.308 e. The van der Waals surface area contributed by atoms with E-state index in [9.17, 15) is 50.8 Å². The molecule has 9 N–H and O–H groups in total. The molecule has 2 heterocycles. The third-order valence-electron chi connectivity index (χ3n) is 9.67. The predicted octanol–water partition coefficient (Wildman–Crippen LogP) is 0.542. The lowest BCUT2D eigenvalue weighted by atomic mass is 9.98. The van der Waals surface area contributed by atoms with Crippen molar-refractivity contribution < 1.29 is 74.4 Å². The van der Waals surface area contributed by atoms with E-state index in [1.807, 2.05) is 0 Å². The summed E-state index contributed by atoms with van der Waals surface area (Å²) < 4.78 is 27.7. The Morgan fingerprint density at radius 3 is 1.32 bits per heavy atom. The summed E-state index contributed by atoms with van der Waals surface area (Å²) in [5.74, 6) is -0.487. The zero-order valence-electron chi connectivity index (χ0n) is 29.9. The number of aliphatic hydroxyl groups is 9. The van der Waals surface area contributed by atoms with Crippen LogP contribution in [-0.2, 0) is 28.5 Å². The van der Waals surface area contributed by atoms with E-state index in [1.165, 1.54) is 7.11 Å². The Morgan fingerprint density at radius 1 is 0.560 bits per heavy atom. The zero-order chi connectivity index (χ0) is 37.1. The van der Waals surface area contributed by atoms with Gasteiger partial charge in [-0.15, -0.1) is 0 Å². The monoisotopic (exact) mass is 726 g/mol. The molecular formula is C35H66O15. The van der Waals surface area contributed by atoms with Gasteiger partial charge >= 0.3 is 5.97 Å². The second kappa shape index (κ2) is 25.1. The number of carbonyl (C=O) groups excluding carboxylic acids is 1. The van der Waals surface area contributed by atoms with Gasteiger partial charge in [-0.05, 0) is 32.6 Å².